The molecule has 0 saturated carbocycles. The van der Waals surface area contributed by atoms with Crippen LogP contribution in [0.25, 0.3) is 5.82 Å². The van der Waals surface area contributed by atoms with Gasteiger partial charge in [-0.1, -0.05) is 58.0 Å². The second-order valence-electron chi connectivity index (χ2n) is 3.17. The summed E-state index contributed by atoms with van der Waals surface area (Å²) in [6.07, 6.45) is 1.73. The number of halogens is 5. The number of aromatic nitrogens is 2. The van der Waals surface area contributed by atoms with Gasteiger partial charge in [-0.25, -0.2) is 0 Å². The Balaban J connectivity index is 2.74. The van der Waals surface area contributed by atoms with Gasteiger partial charge in [0.05, 0.1) is 15.1 Å². The minimum absolute atomic E-state index is 0.227. The molecular formula is C9H5Cl5N2. The van der Waals surface area contributed by atoms with Gasteiger partial charge in [0.15, 0.2) is 0 Å². The molecule has 0 bridgehead atoms. The van der Waals surface area contributed by atoms with E-state index >= 15 is 0 Å². The van der Waals surface area contributed by atoms with Crippen molar-refractivity contribution in [3.63, 3.8) is 0 Å². The number of aryl methyl sites for hydroxylation is 1. The molecule has 0 aromatic carbocycles. The van der Waals surface area contributed by atoms with Crippen molar-refractivity contribution in [1.29, 1.82) is 0 Å². The first-order valence-electron chi connectivity index (χ1n) is 4.16. The van der Waals surface area contributed by atoms with E-state index in [-0.39, 0.29) is 20.4 Å². The van der Waals surface area contributed by atoms with Gasteiger partial charge in [-0.3, -0.25) is 4.57 Å². The Bertz CT molecular complexity index is 529. The fraction of sp³-hybridized carbons (Fsp3) is 0.111. The highest BCUT2D eigenvalue weighted by Crippen LogP contribution is 2.41. The van der Waals surface area contributed by atoms with Crippen LogP contribution in [0.15, 0.2) is 12.3 Å². The molecule has 7 heteroatoms. The van der Waals surface area contributed by atoms with E-state index in [0.29, 0.717) is 10.8 Å². The molecule has 0 N–H and O–H groups in total. The monoisotopic (exact) mass is 316 g/mol. The lowest BCUT2D eigenvalue weighted by Crippen LogP contribution is -2.00. The Labute approximate surface area is 117 Å². The van der Waals surface area contributed by atoms with E-state index in [1.165, 1.54) is 4.57 Å². The molecule has 2 aromatic rings. The Hall–Kier alpha value is 0.01000. The molecule has 86 valence electrons. The van der Waals surface area contributed by atoms with Gasteiger partial charge in [0.25, 0.3) is 0 Å². The third-order valence-corrected chi connectivity index (χ3v) is 4.07. The van der Waals surface area contributed by atoms with Crippen LogP contribution in [0, 0.1) is 0 Å². The molecule has 2 nitrogen and oxygen atoms in total. The third kappa shape index (κ3) is 1.83. The Morgan fingerprint density at radius 3 is 1.81 bits per heavy atom. The standard InChI is InChI=1S/C9H5Cl5N2/c1-15-3-4(10)2-5(15)16-8(13)6(11)7(12)9(16)14/h2-3H,1H3. The van der Waals surface area contributed by atoms with Crippen molar-refractivity contribution >= 4 is 58.0 Å². The molecule has 0 spiro atoms. The number of hydrogen-bond donors (Lipinski definition) is 0. The fourth-order valence-corrected chi connectivity index (χ4v) is 2.66. The predicted octanol–water partition coefficient (Wildman–Crippen LogP) is 5.08. The van der Waals surface area contributed by atoms with Crippen molar-refractivity contribution in [1.82, 2.24) is 9.13 Å². The quantitative estimate of drug-likeness (QED) is 0.694. The average molecular weight is 318 g/mol. The number of hydrogen-bond acceptors (Lipinski definition) is 0. The first-order chi connectivity index (χ1) is 7.43. The van der Waals surface area contributed by atoms with E-state index < -0.39 is 0 Å². The molecule has 0 saturated heterocycles. The third-order valence-electron chi connectivity index (χ3n) is 2.12. The average Bonchev–Trinajstić information content (AvgIpc) is 2.63. The van der Waals surface area contributed by atoms with Crippen LogP contribution in [0.1, 0.15) is 0 Å². The van der Waals surface area contributed by atoms with E-state index in [1.807, 2.05) is 7.05 Å². The minimum atomic E-state index is 0.227. The second kappa shape index (κ2) is 4.35. The molecule has 0 unspecified atom stereocenters. The summed E-state index contributed by atoms with van der Waals surface area (Å²) in [7, 11) is 1.82. The highest BCUT2D eigenvalue weighted by atomic mass is 35.5. The molecule has 2 rings (SSSR count). The zero-order valence-corrected chi connectivity index (χ0v) is 11.7. The first-order valence-corrected chi connectivity index (χ1v) is 6.05. The van der Waals surface area contributed by atoms with Gasteiger partial charge in [-0.15, -0.1) is 0 Å². The van der Waals surface area contributed by atoms with Crippen LogP contribution in [0.3, 0.4) is 0 Å². The molecule has 16 heavy (non-hydrogen) atoms. The summed E-state index contributed by atoms with van der Waals surface area (Å²) >= 11 is 29.8. The maximum atomic E-state index is 6.04. The molecule has 0 fully saturated rings. The summed E-state index contributed by atoms with van der Waals surface area (Å²) < 4.78 is 3.30. The zero-order valence-electron chi connectivity index (χ0n) is 7.94. The van der Waals surface area contributed by atoms with Gasteiger partial charge in [-0.2, -0.15) is 0 Å². The van der Waals surface area contributed by atoms with Crippen LogP contribution in [-0.2, 0) is 7.05 Å². The zero-order chi connectivity index (χ0) is 12.0. The highest BCUT2D eigenvalue weighted by molar-refractivity contribution is 6.52. The smallest absolute Gasteiger partial charge is 0.136 e. The normalized spacial score (nSPS) is 11.1. The molecule has 0 atom stereocenters. The summed E-state index contributed by atoms with van der Waals surface area (Å²) in [5, 5.41) is 1.55. The minimum Gasteiger partial charge on any atom is -0.336 e. The second-order valence-corrected chi connectivity index (χ2v) is 5.08. The van der Waals surface area contributed by atoms with Crippen molar-refractivity contribution < 1.29 is 0 Å². The molecule has 0 aliphatic heterocycles. The lowest BCUT2D eigenvalue weighted by atomic mass is 10.6. The highest BCUT2D eigenvalue weighted by Gasteiger charge is 2.20. The number of nitrogens with zero attached hydrogens (tertiary/aromatic N) is 2. The fourth-order valence-electron chi connectivity index (χ4n) is 1.40. The van der Waals surface area contributed by atoms with Crippen molar-refractivity contribution in [3.8, 4) is 5.82 Å². The van der Waals surface area contributed by atoms with Gasteiger partial charge in [0, 0.05) is 13.2 Å². The Kier molecular flexibility index (Phi) is 3.39. The van der Waals surface area contributed by atoms with Crippen LogP contribution < -0.4 is 0 Å². The SMILES string of the molecule is Cn1cc(Cl)cc1-n1c(Cl)c(Cl)c(Cl)c1Cl. The Morgan fingerprint density at radius 2 is 1.44 bits per heavy atom. The summed E-state index contributed by atoms with van der Waals surface area (Å²) in [6, 6.07) is 1.71. The van der Waals surface area contributed by atoms with Gasteiger partial charge in [0.1, 0.15) is 16.1 Å². The molecule has 0 radical (unpaired) electrons. The van der Waals surface area contributed by atoms with Crippen molar-refractivity contribution in [3.05, 3.63) is 37.6 Å². The van der Waals surface area contributed by atoms with Gasteiger partial charge in [-0.05, 0) is 6.07 Å². The molecular weight excluding hydrogens is 313 g/mol. The van der Waals surface area contributed by atoms with E-state index in [2.05, 4.69) is 0 Å². The van der Waals surface area contributed by atoms with Crippen molar-refractivity contribution in [2.75, 3.05) is 0 Å². The van der Waals surface area contributed by atoms with Gasteiger partial charge < -0.3 is 4.57 Å². The van der Waals surface area contributed by atoms with Gasteiger partial charge in [0.2, 0.25) is 0 Å². The summed E-state index contributed by atoms with van der Waals surface area (Å²) in [5.41, 5.74) is 0. The van der Waals surface area contributed by atoms with E-state index in [1.54, 1.807) is 16.8 Å². The van der Waals surface area contributed by atoms with Crippen molar-refractivity contribution in [2.24, 2.45) is 7.05 Å². The largest absolute Gasteiger partial charge is 0.336 e. The number of rotatable bonds is 1. The topological polar surface area (TPSA) is 9.86 Å². The molecule has 2 heterocycles. The molecule has 2 aromatic heterocycles. The Morgan fingerprint density at radius 1 is 0.938 bits per heavy atom. The molecule has 0 amide bonds. The maximum Gasteiger partial charge on any atom is 0.136 e. The van der Waals surface area contributed by atoms with Crippen LogP contribution in [0.5, 0.6) is 0 Å². The summed E-state index contributed by atoms with van der Waals surface area (Å²) in [4.78, 5) is 0. The van der Waals surface area contributed by atoms with Crippen LogP contribution in [0.4, 0.5) is 0 Å². The van der Waals surface area contributed by atoms with E-state index in [9.17, 15) is 0 Å². The maximum absolute atomic E-state index is 6.04. The lowest BCUT2D eigenvalue weighted by molar-refractivity contribution is 0.848. The summed E-state index contributed by atoms with van der Waals surface area (Å²) in [6.45, 7) is 0. The van der Waals surface area contributed by atoms with Crippen LogP contribution in [-0.4, -0.2) is 9.13 Å². The van der Waals surface area contributed by atoms with Crippen molar-refractivity contribution in [2.45, 2.75) is 0 Å². The van der Waals surface area contributed by atoms with Gasteiger partial charge >= 0.3 is 0 Å². The first kappa shape index (κ1) is 12.5. The summed E-state index contributed by atoms with van der Waals surface area (Å²) in [5.74, 6) is 0.689. The van der Waals surface area contributed by atoms with E-state index in [0.717, 1.165) is 0 Å². The lowest BCUT2D eigenvalue weighted by Gasteiger charge is -2.07. The van der Waals surface area contributed by atoms with Crippen LogP contribution >= 0.6 is 58.0 Å². The predicted molar refractivity (Wildman–Crippen MR) is 69.8 cm³/mol. The molecule has 0 aliphatic carbocycles. The molecule has 0 aliphatic rings. The van der Waals surface area contributed by atoms with E-state index in [4.69, 9.17) is 58.0 Å². The van der Waals surface area contributed by atoms with Crippen LogP contribution in [0.2, 0.25) is 25.4 Å².